The second kappa shape index (κ2) is 9.55. The van der Waals surface area contributed by atoms with E-state index in [0.717, 1.165) is 35.5 Å². The van der Waals surface area contributed by atoms with Crippen LogP contribution >= 0.6 is 0 Å². The van der Waals surface area contributed by atoms with Gasteiger partial charge in [0.1, 0.15) is 11.4 Å². The van der Waals surface area contributed by atoms with E-state index < -0.39 is 0 Å². The second-order valence-corrected chi connectivity index (χ2v) is 6.57. The number of methoxy groups -OCH3 is 1. The van der Waals surface area contributed by atoms with E-state index >= 15 is 0 Å². The maximum Gasteiger partial charge on any atom is 0.272 e. The van der Waals surface area contributed by atoms with Gasteiger partial charge in [-0.1, -0.05) is 48.5 Å². The van der Waals surface area contributed by atoms with Crippen molar-refractivity contribution in [3.05, 3.63) is 89.7 Å². The predicted molar refractivity (Wildman–Crippen MR) is 112 cm³/mol. The Morgan fingerprint density at radius 2 is 1.82 bits per heavy atom. The fraction of sp³-hybridized carbons (Fsp3) is 0.217. The van der Waals surface area contributed by atoms with Crippen LogP contribution in [0.25, 0.3) is 0 Å². The first-order valence-corrected chi connectivity index (χ1v) is 9.28. The van der Waals surface area contributed by atoms with E-state index in [1.54, 1.807) is 31.3 Å². The Morgan fingerprint density at radius 3 is 2.61 bits per heavy atom. The van der Waals surface area contributed by atoms with Crippen LogP contribution in [0.5, 0.6) is 5.75 Å². The number of hydrogen-bond acceptors (Lipinski definition) is 4. The molecule has 1 aromatic heterocycles. The molecule has 5 heteroatoms. The van der Waals surface area contributed by atoms with Gasteiger partial charge in [-0.3, -0.25) is 9.78 Å². The van der Waals surface area contributed by atoms with Gasteiger partial charge in [0.2, 0.25) is 0 Å². The zero-order valence-electron chi connectivity index (χ0n) is 16.3. The molecule has 1 N–H and O–H groups in total. The number of aromatic nitrogens is 1. The van der Waals surface area contributed by atoms with E-state index in [1.165, 1.54) is 0 Å². The van der Waals surface area contributed by atoms with Crippen LogP contribution < -0.4 is 10.1 Å². The Bertz CT molecular complexity index is 912. The molecule has 0 aliphatic rings. The standard InChI is InChI=1S/C23H25N3O2/c1-26(17-18-8-4-3-5-9-18)23(27)21-16-20(13-15-25-21)24-14-12-19-10-6-7-11-22(19)28-2/h3-11,13,15-16H,12,14,17H2,1-2H3,(H,24,25). The van der Waals surface area contributed by atoms with Gasteiger partial charge >= 0.3 is 0 Å². The molecule has 1 amide bonds. The maximum atomic E-state index is 12.7. The molecule has 28 heavy (non-hydrogen) atoms. The molecule has 144 valence electrons. The van der Waals surface area contributed by atoms with Crippen molar-refractivity contribution in [2.45, 2.75) is 13.0 Å². The second-order valence-electron chi connectivity index (χ2n) is 6.57. The molecule has 0 bridgehead atoms. The molecule has 0 saturated carbocycles. The lowest BCUT2D eigenvalue weighted by Crippen LogP contribution is -2.27. The molecule has 1 heterocycles. The first kappa shape index (κ1) is 19.4. The Kier molecular flexibility index (Phi) is 6.63. The number of anilines is 1. The third-order valence-corrected chi connectivity index (χ3v) is 4.50. The summed E-state index contributed by atoms with van der Waals surface area (Å²) < 4.78 is 5.39. The molecule has 3 rings (SSSR count). The van der Waals surface area contributed by atoms with Crippen LogP contribution in [0, 0.1) is 0 Å². The monoisotopic (exact) mass is 375 g/mol. The molecule has 0 spiro atoms. The highest BCUT2D eigenvalue weighted by Crippen LogP contribution is 2.18. The van der Waals surface area contributed by atoms with Crippen molar-refractivity contribution in [2.75, 3.05) is 26.0 Å². The minimum Gasteiger partial charge on any atom is -0.496 e. The van der Waals surface area contributed by atoms with Gasteiger partial charge in [-0.15, -0.1) is 0 Å². The quantitative estimate of drug-likeness (QED) is 0.646. The van der Waals surface area contributed by atoms with E-state index in [-0.39, 0.29) is 5.91 Å². The van der Waals surface area contributed by atoms with Crippen molar-refractivity contribution in [1.29, 1.82) is 0 Å². The molecule has 2 aromatic carbocycles. The van der Waals surface area contributed by atoms with Gasteiger partial charge in [-0.2, -0.15) is 0 Å². The van der Waals surface area contributed by atoms with Crippen LogP contribution in [0.1, 0.15) is 21.6 Å². The summed E-state index contributed by atoms with van der Waals surface area (Å²) in [5, 5.41) is 3.36. The Morgan fingerprint density at radius 1 is 1.07 bits per heavy atom. The van der Waals surface area contributed by atoms with Crippen LogP contribution in [-0.2, 0) is 13.0 Å². The van der Waals surface area contributed by atoms with Gasteiger partial charge in [-0.25, -0.2) is 0 Å². The average molecular weight is 375 g/mol. The van der Waals surface area contributed by atoms with Crippen LogP contribution in [0.15, 0.2) is 72.9 Å². The fourth-order valence-electron chi connectivity index (χ4n) is 3.03. The van der Waals surface area contributed by atoms with Gasteiger partial charge in [0, 0.05) is 32.0 Å². The average Bonchev–Trinajstić information content (AvgIpc) is 2.74. The highest BCUT2D eigenvalue weighted by atomic mass is 16.5. The third-order valence-electron chi connectivity index (χ3n) is 4.50. The predicted octanol–water partition coefficient (Wildman–Crippen LogP) is 4.02. The SMILES string of the molecule is COc1ccccc1CCNc1ccnc(C(=O)N(C)Cc2ccccc2)c1. The van der Waals surface area contributed by atoms with E-state index in [1.807, 2.05) is 54.6 Å². The molecule has 0 saturated heterocycles. The first-order valence-electron chi connectivity index (χ1n) is 9.28. The number of nitrogens with one attached hydrogen (secondary N) is 1. The molecule has 0 aliphatic carbocycles. The van der Waals surface area contributed by atoms with Crippen molar-refractivity contribution in [2.24, 2.45) is 0 Å². The van der Waals surface area contributed by atoms with Crippen molar-refractivity contribution in [3.8, 4) is 5.75 Å². The summed E-state index contributed by atoms with van der Waals surface area (Å²) in [6.45, 7) is 1.28. The number of pyridine rings is 1. The maximum absolute atomic E-state index is 12.7. The summed E-state index contributed by atoms with van der Waals surface area (Å²) in [7, 11) is 3.47. The number of para-hydroxylation sites is 1. The van der Waals surface area contributed by atoms with Crippen molar-refractivity contribution in [1.82, 2.24) is 9.88 Å². The molecule has 5 nitrogen and oxygen atoms in total. The molecule has 0 aliphatic heterocycles. The lowest BCUT2D eigenvalue weighted by molar-refractivity contribution is 0.0779. The van der Waals surface area contributed by atoms with E-state index in [4.69, 9.17) is 4.74 Å². The van der Waals surface area contributed by atoms with Gasteiger partial charge in [-0.05, 0) is 35.7 Å². The van der Waals surface area contributed by atoms with Crippen molar-refractivity contribution < 1.29 is 9.53 Å². The zero-order valence-corrected chi connectivity index (χ0v) is 16.3. The van der Waals surface area contributed by atoms with Crippen LogP contribution in [-0.4, -0.2) is 36.5 Å². The Labute approximate surface area is 166 Å². The molecular weight excluding hydrogens is 350 g/mol. The number of carbonyl (C=O) groups is 1. The van der Waals surface area contributed by atoms with Gasteiger partial charge < -0.3 is 15.0 Å². The fourth-order valence-corrected chi connectivity index (χ4v) is 3.03. The summed E-state index contributed by atoms with van der Waals surface area (Å²) in [5.74, 6) is 0.787. The zero-order chi connectivity index (χ0) is 19.8. The summed E-state index contributed by atoms with van der Waals surface area (Å²) in [4.78, 5) is 18.6. The number of nitrogens with zero attached hydrogens (tertiary/aromatic N) is 2. The highest BCUT2D eigenvalue weighted by molar-refractivity contribution is 5.92. The molecule has 0 fully saturated rings. The Balaban J connectivity index is 1.59. The number of amides is 1. The summed E-state index contributed by atoms with van der Waals surface area (Å²) in [5.41, 5.74) is 3.54. The molecular formula is C23H25N3O2. The molecule has 0 unspecified atom stereocenters. The number of carbonyl (C=O) groups excluding carboxylic acids is 1. The third kappa shape index (κ3) is 5.10. The molecule has 0 atom stereocenters. The van der Waals surface area contributed by atoms with Gasteiger partial charge in [0.15, 0.2) is 0 Å². The molecule has 0 radical (unpaired) electrons. The number of benzene rings is 2. The lowest BCUT2D eigenvalue weighted by Gasteiger charge is -2.17. The first-order chi connectivity index (χ1) is 13.7. The van der Waals surface area contributed by atoms with Crippen LogP contribution in [0.3, 0.4) is 0 Å². The number of rotatable bonds is 8. The highest BCUT2D eigenvalue weighted by Gasteiger charge is 2.14. The minimum absolute atomic E-state index is 0.0998. The summed E-state index contributed by atoms with van der Waals surface area (Å²) >= 11 is 0. The molecule has 3 aromatic rings. The Hall–Kier alpha value is -3.34. The van der Waals surface area contributed by atoms with E-state index in [0.29, 0.717) is 12.2 Å². The van der Waals surface area contributed by atoms with Crippen molar-refractivity contribution >= 4 is 11.6 Å². The lowest BCUT2D eigenvalue weighted by atomic mass is 10.1. The largest absolute Gasteiger partial charge is 0.496 e. The summed E-state index contributed by atoms with van der Waals surface area (Å²) in [6.07, 6.45) is 2.48. The normalized spacial score (nSPS) is 10.4. The van der Waals surface area contributed by atoms with Gasteiger partial charge in [0.05, 0.1) is 7.11 Å². The van der Waals surface area contributed by atoms with Crippen molar-refractivity contribution in [3.63, 3.8) is 0 Å². The topological polar surface area (TPSA) is 54.5 Å². The number of ether oxygens (including phenoxy) is 1. The summed E-state index contributed by atoms with van der Waals surface area (Å²) in [6, 6.07) is 21.6. The number of hydrogen-bond donors (Lipinski definition) is 1. The van der Waals surface area contributed by atoms with Crippen LogP contribution in [0.4, 0.5) is 5.69 Å². The minimum atomic E-state index is -0.0998. The van der Waals surface area contributed by atoms with Gasteiger partial charge in [0.25, 0.3) is 5.91 Å². The van der Waals surface area contributed by atoms with E-state index in [2.05, 4.69) is 16.4 Å². The van der Waals surface area contributed by atoms with Crippen LogP contribution in [0.2, 0.25) is 0 Å². The van der Waals surface area contributed by atoms with E-state index in [9.17, 15) is 4.79 Å². The smallest absolute Gasteiger partial charge is 0.272 e.